The summed E-state index contributed by atoms with van der Waals surface area (Å²) in [4.78, 5) is 37.9. The number of hydrogen-bond acceptors (Lipinski definition) is 4. The van der Waals surface area contributed by atoms with E-state index in [-0.39, 0.29) is 23.8 Å². The van der Waals surface area contributed by atoms with Gasteiger partial charge in [-0.2, -0.15) is 0 Å². The molecule has 0 bridgehead atoms. The standard InChI is InChI=1S/C19H25N3O4/c1-13(2)16(23)21-15-6-3-5-14(11-15)17(24)22-9-4-7-19(8-10-22)12-20-18(25)26-19/h3,5-6,11,13H,4,7-10,12H2,1-2H3,(H,20,25)(H,21,23). The normalized spacial score (nSPS) is 22.7. The zero-order valence-corrected chi connectivity index (χ0v) is 15.2. The fraction of sp³-hybridized carbons (Fsp3) is 0.526. The minimum absolute atomic E-state index is 0.0695. The van der Waals surface area contributed by atoms with Crippen LogP contribution < -0.4 is 10.6 Å². The lowest BCUT2D eigenvalue weighted by Gasteiger charge is -2.25. The van der Waals surface area contributed by atoms with Crippen LogP contribution in [-0.4, -0.2) is 48.0 Å². The third kappa shape index (κ3) is 3.98. The molecule has 0 saturated carbocycles. The first-order valence-electron chi connectivity index (χ1n) is 9.06. The maximum atomic E-state index is 12.9. The highest BCUT2D eigenvalue weighted by molar-refractivity contribution is 5.97. The van der Waals surface area contributed by atoms with E-state index in [1.54, 1.807) is 29.2 Å². The first kappa shape index (κ1) is 18.2. The first-order chi connectivity index (χ1) is 12.4. The Hall–Kier alpha value is -2.57. The van der Waals surface area contributed by atoms with Crippen molar-refractivity contribution in [3.05, 3.63) is 29.8 Å². The second-order valence-electron chi connectivity index (χ2n) is 7.30. The minimum atomic E-state index is -0.487. The molecule has 1 atom stereocenters. The molecule has 7 nitrogen and oxygen atoms in total. The van der Waals surface area contributed by atoms with Gasteiger partial charge in [0.15, 0.2) is 0 Å². The number of likely N-dealkylation sites (tertiary alicyclic amines) is 1. The molecule has 0 radical (unpaired) electrons. The molecular weight excluding hydrogens is 334 g/mol. The predicted octanol–water partition coefficient (Wildman–Crippen LogP) is 2.39. The van der Waals surface area contributed by atoms with E-state index in [0.29, 0.717) is 37.3 Å². The highest BCUT2D eigenvalue weighted by Gasteiger charge is 2.41. The molecule has 140 valence electrons. The summed E-state index contributed by atoms with van der Waals surface area (Å²) in [5, 5.41) is 5.53. The Kier molecular flexibility index (Phi) is 5.15. The zero-order chi connectivity index (χ0) is 18.7. The van der Waals surface area contributed by atoms with Crippen LogP contribution in [0.25, 0.3) is 0 Å². The van der Waals surface area contributed by atoms with Crippen molar-refractivity contribution in [1.29, 1.82) is 0 Å². The topological polar surface area (TPSA) is 87.7 Å². The van der Waals surface area contributed by atoms with Gasteiger partial charge >= 0.3 is 6.09 Å². The molecule has 2 fully saturated rings. The van der Waals surface area contributed by atoms with Crippen LogP contribution in [0.2, 0.25) is 0 Å². The van der Waals surface area contributed by atoms with E-state index in [9.17, 15) is 14.4 Å². The number of carbonyl (C=O) groups excluding carboxylic acids is 3. The minimum Gasteiger partial charge on any atom is -0.441 e. The number of nitrogens with one attached hydrogen (secondary N) is 2. The molecule has 3 amide bonds. The van der Waals surface area contributed by atoms with Crippen LogP contribution in [0.15, 0.2) is 24.3 Å². The molecule has 2 N–H and O–H groups in total. The Labute approximate surface area is 153 Å². The molecule has 1 unspecified atom stereocenters. The number of amides is 3. The Morgan fingerprint density at radius 3 is 2.77 bits per heavy atom. The average molecular weight is 359 g/mol. The number of anilines is 1. The molecule has 2 saturated heterocycles. The molecule has 1 spiro atoms. The van der Waals surface area contributed by atoms with Crippen molar-refractivity contribution >= 4 is 23.6 Å². The maximum absolute atomic E-state index is 12.9. The zero-order valence-electron chi connectivity index (χ0n) is 15.2. The van der Waals surface area contributed by atoms with Crippen LogP contribution in [0.1, 0.15) is 43.5 Å². The van der Waals surface area contributed by atoms with Crippen molar-refractivity contribution in [3.63, 3.8) is 0 Å². The fourth-order valence-electron chi connectivity index (χ4n) is 3.35. The Bertz CT molecular complexity index is 718. The van der Waals surface area contributed by atoms with Crippen LogP contribution in [0, 0.1) is 5.92 Å². The molecule has 2 aliphatic rings. The van der Waals surface area contributed by atoms with E-state index in [4.69, 9.17) is 4.74 Å². The van der Waals surface area contributed by atoms with Crippen LogP contribution in [0.4, 0.5) is 10.5 Å². The summed E-state index contributed by atoms with van der Waals surface area (Å²) in [5.41, 5.74) is 0.679. The van der Waals surface area contributed by atoms with Crippen molar-refractivity contribution in [2.24, 2.45) is 5.92 Å². The van der Waals surface area contributed by atoms with Crippen molar-refractivity contribution in [3.8, 4) is 0 Å². The molecule has 26 heavy (non-hydrogen) atoms. The van der Waals surface area contributed by atoms with Gasteiger partial charge in [0.05, 0.1) is 6.54 Å². The van der Waals surface area contributed by atoms with E-state index in [1.807, 2.05) is 13.8 Å². The lowest BCUT2D eigenvalue weighted by atomic mass is 9.95. The number of alkyl carbamates (subject to hydrolysis) is 1. The number of ether oxygens (including phenoxy) is 1. The van der Waals surface area contributed by atoms with Crippen LogP contribution in [0.3, 0.4) is 0 Å². The molecule has 0 aromatic heterocycles. The summed E-state index contributed by atoms with van der Waals surface area (Å²) in [6.07, 6.45) is 1.78. The molecule has 1 aromatic rings. The van der Waals surface area contributed by atoms with Crippen LogP contribution >= 0.6 is 0 Å². The van der Waals surface area contributed by atoms with E-state index < -0.39 is 5.60 Å². The van der Waals surface area contributed by atoms with Gasteiger partial charge in [0.1, 0.15) is 5.60 Å². The second-order valence-corrected chi connectivity index (χ2v) is 7.30. The van der Waals surface area contributed by atoms with Gasteiger partial charge in [0.25, 0.3) is 5.91 Å². The van der Waals surface area contributed by atoms with Gasteiger partial charge in [-0.1, -0.05) is 19.9 Å². The van der Waals surface area contributed by atoms with E-state index in [2.05, 4.69) is 10.6 Å². The lowest BCUT2D eigenvalue weighted by Crippen LogP contribution is -2.36. The lowest BCUT2D eigenvalue weighted by molar-refractivity contribution is -0.118. The highest BCUT2D eigenvalue weighted by atomic mass is 16.6. The first-order valence-corrected chi connectivity index (χ1v) is 9.06. The third-order valence-corrected chi connectivity index (χ3v) is 4.95. The number of hydrogen-bond donors (Lipinski definition) is 2. The summed E-state index contributed by atoms with van der Waals surface area (Å²) in [6.45, 7) is 5.31. The summed E-state index contributed by atoms with van der Waals surface area (Å²) >= 11 is 0. The monoisotopic (exact) mass is 359 g/mol. The van der Waals surface area contributed by atoms with Crippen molar-refractivity contribution < 1.29 is 19.1 Å². The Morgan fingerprint density at radius 1 is 1.27 bits per heavy atom. The van der Waals surface area contributed by atoms with Gasteiger partial charge < -0.3 is 20.3 Å². The fourth-order valence-corrected chi connectivity index (χ4v) is 3.35. The summed E-state index contributed by atoms with van der Waals surface area (Å²) < 4.78 is 5.45. The van der Waals surface area contributed by atoms with E-state index in [1.165, 1.54) is 0 Å². The molecule has 0 aliphatic carbocycles. The van der Waals surface area contributed by atoms with Gasteiger partial charge in [0.2, 0.25) is 5.91 Å². The predicted molar refractivity (Wildman–Crippen MR) is 96.9 cm³/mol. The number of nitrogens with zero attached hydrogens (tertiary/aromatic N) is 1. The van der Waals surface area contributed by atoms with Gasteiger partial charge in [-0.25, -0.2) is 4.79 Å². The SMILES string of the molecule is CC(C)C(=O)Nc1cccc(C(=O)N2CCCC3(CC2)CNC(=O)O3)c1. The van der Waals surface area contributed by atoms with Gasteiger partial charge in [0, 0.05) is 36.7 Å². The number of rotatable bonds is 3. The second kappa shape index (κ2) is 7.35. The molecular formula is C19H25N3O4. The van der Waals surface area contributed by atoms with E-state index in [0.717, 1.165) is 12.8 Å². The highest BCUT2D eigenvalue weighted by Crippen LogP contribution is 2.30. The Morgan fingerprint density at radius 2 is 2.08 bits per heavy atom. The van der Waals surface area contributed by atoms with Crippen molar-refractivity contribution in [2.75, 3.05) is 25.0 Å². The molecule has 2 heterocycles. The van der Waals surface area contributed by atoms with Gasteiger partial charge in [-0.15, -0.1) is 0 Å². The van der Waals surface area contributed by atoms with E-state index >= 15 is 0 Å². The number of carbonyl (C=O) groups is 3. The number of benzene rings is 1. The summed E-state index contributed by atoms with van der Waals surface area (Å²) in [5.74, 6) is -0.277. The van der Waals surface area contributed by atoms with Crippen molar-refractivity contribution in [1.82, 2.24) is 10.2 Å². The molecule has 7 heteroatoms. The maximum Gasteiger partial charge on any atom is 0.407 e. The summed E-state index contributed by atoms with van der Waals surface area (Å²) in [7, 11) is 0. The van der Waals surface area contributed by atoms with Crippen molar-refractivity contribution in [2.45, 2.75) is 38.7 Å². The largest absolute Gasteiger partial charge is 0.441 e. The quantitative estimate of drug-likeness (QED) is 0.867. The van der Waals surface area contributed by atoms with Gasteiger partial charge in [-0.3, -0.25) is 9.59 Å². The van der Waals surface area contributed by atoms with Crippen LogP contribution in [-0.2, 0) is 9.53 Å². The Balaban J connectivity index is 1.67. The molecule has 1 aromatic carbocycles. The van der Waals surface area contributed by atoms with Crippen LogP contribution in [0.5, 0.6) is 0 Å². The summed E-state index contributed by atoms with van der Waals surface area (Å²) in [6, 6.07) is 7.01. The third-order valence-electron chi connectivity index (χ3n) is 4.95. The van der Waals surface area contributed by atoms with Gasteiger partial charge in [-0.05, 0) is 31.0 Å². The average Bonchev–Trinajstić information content (AvgIpc) is 2.85. The smallest absolute Gasteiger partial charge is 0.407 e. The molecule has 2 aliphatic heterocycles. The molecule has 3 rings (SSSR count).